The van der Waals surface area contributed by atoms with Crippen LogP contribution in [0.4, 0.5) is 26.3 Å². The van der Waals surface area contributed by atoms with Gasteiger partial charge in [0.05, 0.1) is 8.95 Å². The minimum absolute atomic E-state index is 0.179. The van der Waals surface area contributed by atoms with E-state index in [-0.39, 0.29) is 8.95 Å². The first-order valence-electron chi connectivity index (χ1n) is 3.98. The predicted molar refractivity (Wildman–Crippen MR) is 55.2 cm³/mol. The SMILES string of the molecule is FC(F)(F)Oc1cc(OC(F)(F)F)c(Br)cc1Br. The van der Waals surface area contributed by atoms with Gasteiger partial charge < -0.3 is 9.47 Å². The molecular weight excluding hydrogens is 402 g/mol. The highest BCUT2D eigenvalue weighted by Gasteiger charge is 2.35. The van der Waals surface area contributed by atoms with Crippen LogP contribution in [-0.2, 0) is 0 Å². The summed E-state index contributed by atoms with van der Waals surface area (Å²) in [5, 5.41) is 0. The number of hydrogen-bond donors (Lipinski definition) is 0. The molecule has 0 N–H and O–H groups in total. The topological polar surface area (TPSA) is 18.5 Å². The molecule has 0 saturated carbocycles. The summed E-state index contributed by atoms with van der Waals surface area (Å²) >= 11 is 5.44. The van der Waals surface area contributed by atoms with E-state index < -0.39 is 24.2 Å². The Kier molecular flexibility index (Phi) is 4.42. The number of alkyl halides is 6. The number of ether oxygens (including phenoxy) is 2. The molecule has 1 rings (SSSR count). The van der Waals surface area contributed by atoms with Gasteiger partial charge in [-0.15, -0.1) is 26.3 Å². The van der Waals surface area contributed by atoms with Crippen LogP contribution in [0.5, 0.6) is 11.5 Å². The van der Waals surface area contributed by atoms with Crippen molar-refractivity contribution in [3.63, 3.8) is 0 Å². The summed E-state index contributed by atoms with van der Waals surface area (Å²) < 4.78 is 78.5. The molecule has 1 aromatic rings. The van der Waals surface area contributed by atoms with E-state index in [1.165, 1.54) is 0 Å². The summed E-state index contributed by atoms with van der Waals surface area (Å²) in [5.41, 5.74) is 0. The Balaban J connectivity index is 3.10. The average molecular weight is 404 g/mol. The average Bonchev–Trinajstić information content (AvgIpc) is 2.08. The molecule has 0 aliphatic carbocycles. The molecule has 1 aromatic carbocycles. The van der Waals surface area contributed by atoms with Crippen LogP contribution in [0.25, 0.3) is 0 Å². The third-order valence-corrected chi connectivity index (χ3v) is 2.68. The summed E-state index contributed by atoms with van der Waals surface area (Å²) in [6.45, 7) is 0. The Bertz CT molecular complexity index is 405. The quantitative estimate of drug-likeness (QED) is 0.646. The van der Waals surface area contributed by atoms with Gasteiger partial charge in [-0.25, -0.2) is 0 Å². The van der Waals surface area contributed by atoms with Crippen molar-refractivity contribution in [3.8, 4) is 11.5 Å². The zero-order valence-corrected chi connectivity index (χ0v) is 11.2. The molecule has 0 radical (unpaired) electrons. The molecule has 102 valence electrons. The van der Waals surface area contributed by atoms with Gasteiger partial charge in [-0.1, -0.05) is 0 Å². The molecule has 0 amide bonds. The molecule has 0 bridgehead atoms. The van der Waals surface area contributed by atoms with E-state index in [1.807, 2.05) is 0 Å². The Morgan fingerprint density at radius 3 is 1.33 bits per heavy atom. The maximum absolute atomic E-state index is 12.0. The molecule has 2 nitrogen and oxygen atoms in total. The first kappa shape index (κ1) is 15.4. The van der Waals surface area contributed by atoms with Crippen LogP contribution >= 0.6 is 31.9 Å². The second-order valence-electron chi connectivity index (χ2n) is 2.81. The highest BCUT2D eigenvalue weighted by Crippen LogP contribution is 2.40. The van der Waals surface area contributed by atoms with Crippen molar-refractivity contribution in [2.24, 2.45) is 0 Å². The molecule has 0 heterocycles. The number of benzene rings is 1. The van der Waals surface area contributed by atoms with Gasteiger partial charge in [0.2, 0.25) is 0 Å². The lowest BCUT2D eigenvalue weighted by molar-refractivity contribution is -0.276. The van der Waals surface area contributed by atoms with Gasteiger partial charge >= 0.3 is 12.7 Å². The van der Waals surface area contributed by atoms with Crippen molar-refractivity contribution < 1.29 is 35.8 Å². The lowest BCUT2D eigenvalue weighted by Gasteiger charge is -2.15. The molecule has 0 aliphatic heterocycles. The van der Waals surface area contributed by atoms with E-state index in [1.54, 1.807) is 0 Å². The van der Waals surface area contributed by atoms with Crippen LogP contribution in [0, 0.1) is 0 Å². The maximum atomic E-state index is 12.0. The summed E-state index contributed by atoms with van der Waals surface area (Å²) in [4.78, 5) is 0. The number of halogens is 8. The molecule has 0 fully saturated rings. The van der Waals surface area contributed by atoms with E-state index in [9.17, 15) is 26.3 Å². The fourth-order valence-electron chi connectivity index (χ4n) is 0.916. The third-order valence-electron chi connectivity index (χ3n) is 1.44. The lowest BCUT2D eigenvalue weighted by atomic mass is 10.3. The third kappa shape index (κ3) is 4.92. The van der Waals surface area contributed by atoms with Crippen LogP contribution in [0.15, 0.2) is 21.1 Å². The van der Waals surface area contributed by atoms with Crippen molar-refractivity contribution in [1.82, 2.24) is 0 Å². The van der Waals surface area contributed by atoms with Crippen molar-refractivity contribution in [3.05, 3.63) is 21.1 Å². The summed E-state index contributed by atoms with van der Waals surface area (Å²) in [5.74, 6) is -1.69. The van der Waals surface area contributed by atoms with Crippen LogP contribution in [0.2, 0.25) is 0 Å². The monoisotopic (exact) mass is 402 g/mol. The number of rotatable bonds is 2. The van der Waals surface area contributed by atoms with Gasteiger partial charge in [0.1, 0.15) is 11.5 Å². The van der Waals surface area contributed by atoms with Gasteiger partial charge in [-0.3, -0.25) is 0 Å². The molecule has 10 heteroatoms. The van der Waals surface area contributed by atoms with E-state index in [4.69, 9.17) is 0 Å². The zero-order valence-electron chi connectivity index (χ0n) is 7.99. The summed E-state index contributed by atoms with van der Waals surface area (Å²) in [6, 6.07) is 1.41. The van der Waals surface area contributed by atoms with Crippen molar-refractivity contribution >= 4 is 31.9 Å². The maximum Gasteiger partial charge on any atom is 0.573 e. The highest BCUT2D eigenvalue weighted by atomic mass is 79.9. The van der Waals surface area contributed by atoms with Crippen LogP contribution in [-0.4, -0.2) is 12.7 Å². The lowest BCUT2D eigenvalue weighted by Crippen LogP contribution is -2.19. The molecule has 0 unspecified atom stereocenters. The van der Waals surface area contributed by atoms with E-state index in [0.717, 1.165) is 6.07 Å². The first-order valence-corrected chi connectivity index (χ1v) is 5.57. The highest BCUT2D eigenvalue weighted by molar-refractivity contribution is 9.11. The fraction of sp³-hybridized carbons (Fsp3) is 0.250. The molecule has 0 atom stereocenters. The van der Waals surface area contributed by atoms with E-state index in [2.05, 4.69) is 41.3 Å². The van der Waals surface area contributed by atoms with Crippen LogP contribution < -0.4 is 9.47 Å². The minimum atomic E-state index is -5.02. The molecule has 0 saturated heterocycles. The molecule has 0 spiro atoms. The summed E-state index contributed by atoms with van der Waals surface area (Å²) in [6.07, 6.45) is -10.0. The second-order valence-corrected chi connectivity index (χ2v) is 4.52. The smallest absolute Gasteiger partial charge is 0.404 e. The standard InChI is InChI=1S/C8H2Br2F6O2/c9-3-1-4(10)6(18-8(14,15)16)2-5(3)17-7(11,12)13/h1-2H. The molecule has 0 aliphatic rings. The van der Waals surface area contributed by atoms with Gasteiger partial charge in [0.15, 0.2) is 0 Å². The zero-order chi connectivity index (χ0) is 14.1. The Morgan fingerprint density at radius 1 is 0.722 bits per heavy atom. The Hall–Kier alpha value is -0.640. The van der Waals surface area contributed by atoms with Gasteiger partial charge in [0.25, 0.3) is 0 Å². The van der Waals surface area contributed by atoms with E-state index in [0.29, 0.717) is 6.07 Å². The van der Waals surface area contributed by atoms with Gasteiger partial charge in [0, 0.05) is 6.07 Å². The van der Waals surface area contributed by atoms with Crippen molar-refractivity contribution in [2.75, 3.05) is 0 Å². The summed E-state index contributed by atoms with van der Waals surface area (Å²) in [7, 11) is 0. The number of hydrogen-bond acceptors (Lipinski definition) is 2. The van der Waals surface area contributed by atoms with Gasteiger partial charge in [-0.05, 0) is 37.9 Å². The van der Waals surface area contributed by atoms with Crippen LogP contribution in [0.3, 0.4) is 0 Å². The van der Waals surface area contributed by atoms with Crippen LogP contribution in [0.1, 0.15) is 0 Å². The van der Waals surface area contributed by atoms with E-state index >= 15 is 0 Å². The molecular formula is C8H2Br2F6O2. The fourth-order valence-corrected chi connectivity index (χ4v) is 2.07. The normalized spacial score (nSPS) is 12.4. The van der Waals surface area contributed by atoms with Crippen molar-refractivity contribution in [2.45, 2.75) is 12.7 Å². The predicted octanol–water partition coefficient (Wildman–Crippen LogP) is 5.01. The minimum Gasteiger partial charge on any atom is -0.404 e. The van der Waals surface area contributed by atoms with Crippen molar-refractivity contribution in [1.29, 1.82) is 0 Å². The van der Waals surface area contributed by atoms with Gasteiger partial charge in [-0.2, -0.15) is 0 Å². The molecule has 18 heavy (non-hydrogen) atoms. The Morgan fingerprint density at radius 2 is 1.06 bits per heavy atom. The second kappa shape index (κ2) is 5.16. The first-order chi connectivity index (χ1) is 7.98. The Labute approximate surface area is 113 Å². The molecule has 0 aromatic heterocycles. The largest absolute Gasteiger partial charge is 0.573 e.